The predicted molar refractivity (Wildman–Crippen MR) is 97.3 cm³/mol. The van der Waals surface area contributed by atoms with Crippen molar-refractivity contribution in [2.45, 2.75) is 38.5 Å². The first-order valence-electron chi connectivity index (χ1n) is 8.08. The van der Waals surface area contributed by atoms with Crippen molar-refractivity contribution >= 4 is 27.1 Å². The van der Waals surface area contributed by atoms with E-state index < -0.39 is 14.9 Å². The first kappa shape index (κ1) is 19.1. The molecule has 0 amide bonds. The van der Waals surface area contributed by atoms with E-state index >= 15 is 0 Å². The second-order valence-corrected chi connectivity index (χ2v) is 7.67. The van der Waals surface area contributed by atoms with Gasteiger partial charge < -0.3 is 0 Å². The van der Waals surface area contributed by atoms with Gasteiger partial charge in [-0.3, -0.25) is 15.5 Å². The van der Waals surface area contributed by atoms with Crippen LogP contribution in [0.15, 0.2) is 39.8 Å². The fourth-order valence-corrected chi connectivity index (χ4v) is 4.08. The Morgan fingerprint density at radius 3 is 2.48 bits per heavy atom. The van der Waals surface area contributed by atoms with Crippen LogP contribution in [0.3, 0.4) is 0 Å². The van der Waals surface area contributed by atoms with Crippen molar-refractivity contribution < 1.29 is 13.3 Å². The molecule has 136 valence electrons. The third-order valence-corrected chi connectivity index (χ3v) is 6.06. The smallest absolute Gasteiger partial charge is 0.271 e. The van der Waals surface area contributed by atoms with E-state index in [4.69, 9.17) is 0 Å². The summed E-state index contributed by atoms with van der Waals surface area (Å²) in [7, 11) is -3.76. The number of nitro benzene ring substituents is 1. The molecule has 2 rings (SSSR count). The van der Waals surface area contributed by atoms with Gasteiger partial charge in [-0.15, -0.1) is 0 Å². The zero-order chi connectivity index (χ0) is 18.6. The average Bonchev–Trinajstić information content (AvgIpc) is 2.99. The average molecular weight is 366 g/mol. The van der Waals surface area contributed by atoms with Crippen molar-refractivity contribution in [2.75, 3.05) is 18.5 Å². The summed E-state index contributed by atoms with van der Waals surface area (Å²) in [6, 6.07) is 3.81. The van der Waals surface area contributed by atoms with Gasteiger partial charge in [-0.2, -0.15) is 9.41 Å². The summed E-state index contributed by atoms with van der Waals surface area (Å²) in [5, 5.41) is 15.5. The Hall–Kier alpha value is -2.26. The number of allylic oxidation sites excluding steroid dienone is 2. The standard InChI is InChI=1S/C16H22N4O4S/c1-4-19(5-2)25(23,24)14-8-9-15(16(11-14)20(21)22)18-17-13-7-6-12(3)10-13/h8-11,18H,4-7H2,1-3H3/b17-13+. The molecule has 1 N–H and O–H groups in total. The fraction of sp³-hybridized carbons (Fsp3) is 0.438. The number of nitro groups is 1. The number of hydrogen-bond acceptors (Lipinski definition) is 6. The topological polar surface area (TPSA) is 105 Å². The summed E-state index contributed by atoms with van der Waals surface area (Å²) in [5.74, 6) is 0. The van der Waals surface area contributed by atoms with Gasteiger partial charge >= 0.3 is 0 Å². The van der Waals surface area contributed by atoms with Crippen LogP contribution in [0.25, 0.3) is 0 Å². The molecule has 0 saturated heterocycles. The molecule has 1 aliphatic rings. The second-order valence-electron chi connectivity index (χ2n) is 5.73. The minimum absolute atomic E-state index is 0.0993. The van der Waals surface area contributed by atoms with Crippen LogP contribution in [0.4, 0.5) is 11.4 Å². The van der Waals surface area contributed by atoms with E-state index in [0.29, 0.717) is 13.1 Å². The monoisotopic (exact) mass is 366 g/mol. The van der Waals surface area contributed by atoms with E-state index in [9.17, 15) is 18.5 Å². The zero-order valence-corrected chi connectivity index (χ0v) is 15.3. The number of hydrogen-bond donors (Lipinski definition) is 1. The Morgan fingerprint density at radius 1 is 1.28 bits per heavy atom. The number of anilines is 1. The number of rotatable bonds is 7. The van der Waals surface area contributed by atoms with Gasteiger partial charge in [0.25, 0.3) is 5.69 Å². The van der Waals surface area contributed by atoms with Crippen LogP contribution < -0.4 is 5.43 Å². The van der Waals surface area contributed by atoms with Gasteiger partial charge in [0.1, 0.15) is 5.69 Å². The number of sulfonamides is 1. The molecule has 0 atom stereocenters. The SMILES string of the molecule is CCN(CC)S(=O)(=O)c1ccc(N/N=C2/C=C(C)CC2)c([N+](=O)[O-])c1. The third kappa shape index (κ3) is 4.23. The normalized spacial score (nSPS) is 16.3. The van der Waals surface area contributed by atoms with Crippen molar-refractivity contribution in [1.82, 2.24) is 4.31 Å². The lowest BCUT2D eigenvalue weighted by molar-refractivity contribution is -0.384. The Labute approximate surface area is 147 Å². The molecule has 1 aromatic rings. The second kappa shape index (κ2) is 7.75. The molecule has 0 aromatic heterocycles. The van der Waals surface area contributed by atoms with Gasteiger partial charge in [-0.25, -0.2) is 8.42 Å². The third-order valence-electron chi connectivity index (χ3n) is 4.02. The first-order valence-corrected chi connectivity index (χ1v) is 9.52. The van der Waals surface area contributed by atoms with Crippen molar-refractivity contribution in [3.63, 3.8) is 0 Å². The molecule has 1 aliphatic carbocycles. The van der Waals surface area contributed by atoms with Gasteiger partial charge in [0.05, 0.1) is 15.5 Å². The summed E-state index contributed by atoms with van der Waals surface area (Å²) in [6.07, 6.45) is 3.63. The number of benzene rings is 1. The number of nitrogens with one attached hydrogen (secondary N) is 1. The largest absolute Gasteiger partial charge is 0.295 e. The lowest BCUT2D eigenvalue weighted by Gasteiger charge is -2.18. The Morgan fingerprint density at radius 2 is 1.96 bits per heavy atom. The van der Waals surface area contributed by atoms with E-state index in [1.165, 1.54) is 22.0 Å². The Bertz CT molecular complexity index is 827. The Balaban J connectivity index is 2.37. The van der Waals surface area contributed by atoms with Gasteiger partial charge in [0, 0.05) is 19.2 Å². The quantitative estimate of drug-likeness (QED) is 0.589. The molecular weight excluding hydrogens is 344 g/mol. The Kier molecular flexibility index (Phi) is 5.91. The highest BCUT2D eigenvalue weighted by molar-refractivity contribution is 7.89. The lowest BCUT2D eigenvalue weighted by atomic mass is 10.3. The van der Waals surface area contributed by atoms with E-state index in [2.05, 4.69) is 10.5 Å². The molecule has 1 aromatic carbocycles. The van der Waals surface area contributed by atoms with E-state index in [1.807, 2.05) is 13.0 Å². The molecule has 0 aliphatic heterocycles. The van der Waals surface area contributed by atoms with Crippen molar-refractivity contribution in [3.8, 4) is 0 Å². The molecule has 0 heterocycles. The maximum Gasteiger partial charge on any atom is 0.295 e. The fourth-order valence-electron chi connectivity index (χ4n) is 2.60. The number of nitrogens with zero attached hydrogens (tertiary/aromatic N) is 3. The molecule has 8 nitrogen and oxygen atoms in total. The van der Waals surface area contributed by atoms with E-state index in [-0.39, 0.29) is 16.3 Å². The molecule has 0 unspecified atom stereocenters. The van der Waals surface area contributed by atoms with Gasteiger partial charge in [-0.1, -0.05) is 19.4 Å². The lowest BCUT2D eigenvalue weighted by Crippen LogP contribution is -2.30. The maximum absolute atomic E-state index is 12.5. The van der Waals surface area contributed by atoms with Crippen LogP contribution in [0, 0.1) is 10.1 Å². The highest BCUT2D eigenvalue weighted by Gasteiger charge is 2.25. The van der Waals surface area contributed by atoms with Crippen LogP contribution in [-0.2, 0) is 10.0 Å². The van der Waals surface area contributed by atoms with Gasteiger partial charge in [0.15, 0.2) is 0 Å². The molecule has 0 radical (unpaired) electrons. The molecule has 0 fully saturated rings. The molecule has 0 saturated carbocycles. The van der Waals surface area contributed by atoms with Crippen LogP contribution in [0.1, 0.15) is 33.6 Å². The van der Waals surface area contributed by atoms with E-state index in [1.54, 1.807) is 13.8 Å². The first-order chi connectivity index (χ1) is 11.8. The summed E-state index contributed by atoms with van der Waals surface area (Å²) in [4.78, 5) is 10.6. The van der Waals surface area contributed by atoms with Crippen LogP contribution in [0.5, 0.6) is 0 Å². The van der Waals surface area contributed by atoms with Crippen molar-refractivity contribution in [2.24, 2.45) is 5.10 Å². The van der Waals surface area contributed by atoms with Gasteiger partial charge in [-0.05, 0) is 38.0 Å². The van der Waals surface area contributed by atoms with Crippen molar-refractivity contribution in [1.29, 1.82) is 0 Å². The molecular formula is C16H22N4O4S. The summed E-state index contributed by atoms with van der Waals surface area (Å²) < 4.78 is 26.3. The van der Waals surface area contributed by atoms with Crippen molar-refractivity contribution in [3.05, 3.63) is 40.0 Å². The minimum atomic E-state index is -3.76. The van der Waals surface area contributed by atoms with Crippen LogP contribution in [0.2, 0.25) is 0 Å². The van der Waals surface area contributed by atoms with E-state index in [0.717, 1.165) is 24.6 Å². The minimum Gasteiger partial charge on any atom is -0.271 e. The molecule has 0 spiro atoms. The number of hydrazone groups is 1. The summed E-state index contributed by atoms with van der Waals surface area (Å²) in [5.41, 5.74) is 4.54. The summed E-state index contributed by atoms with van der Waals surface area (Å²) in [6.45, 7) is 6.03. The summed E-state index contributed by atoms with van der Waals surface area (Å²) >= 11 is 0. The molecule has 25 heavy (non-hydrogen) atoms. The van der Waals surface area contributed by atoms with Crippen LogP contribution >= 0.6 is 0 Å². The van der Waals surface area contributed by atoms with Gasteiger partial charge in [0.2, 0.25) is 10.0 Å². The zero-order valence-electron chi connectivity index (χ0n) is 14.5. The highest BCUT2D eigenvalue weighted by Crippen LogP contribution is 2.29. The van der Waals surface area contributed by atoms with Crippen LogP contribution in [-0.4, -0.2) is 36.4 Å². The highest BCUT2D eigenvalue weighted by atomic mass is 32.2. The molecule has 0 bridgehead atoms. The predicted octanol–water partition coefficient (Wildman–Crippen LogP) is 3.13. The maximum atomic E-state index is 12.5. The molecule has 9 heteroatoms.